The first-order valence-electron chi connectivity index (χ1n) is 12.3. The number of carbonyl (C=O) groups is 2. The number of nitrogens with zero attached hydrogens (tertiary/aromatic N) is 2. The van der Waals surface area contributed by atoms with Crippen LogP contribution in [0.4, 0.5) is 5.13 Å². The van der Waals surface area contributed by atoms with Gasteiger partial charge >= 0.3 is 5.91 Å². The molecule has 5 rings (SSSR count). The molecule has 37 heavy (non-hydrogen) atoms. The summed E-state index contributed by atoms with van der Waals surface area (Å²) in [6.45, 7) is 7.92. The van der Waals surface area contributed by atoms with Crippen LogP contribution in [0.1, 0.15) is 49.1 Å². The van der Waals surface area contributed by atoms with Gasteiger partial charge in [-0.2, -0.15) is 0 Å². The van der Waals surface area contributed by atoms with E-state index in [0.29, 0.717) is 22.0 Å². The van der Waals surface area contributed by atoms with E-state index in [-0.39, 0.29) is 17.4 Å². The average molecular weight is 513 g/mol. The van der Waals surface area contributed by atoms with Gasteiger partial charge in [-0.05, 0) is 62.6 Å². The van der Waals surface area contributed by atoms with Crippen molar-refractivity contribution in [2.45, 2.75) is 46.3 Å². The predicted octanol–water partition coefficient (Wildman–Crippen LogP) is 6.58. The molecule has 1 aliphatic heterocycles. The summed E-state index contributed by atoms with van der Waals surface area (Å²) in [7, 11) is 0. The molecule has 1 atom stereocenters. The standard InChI is InChI=1S/C30H28N2O4S/c1-5-19-8-15-23-24(16-19)37-30(31-23)32-26(20-11-13-22(14-12-20)36-17(2)3)25(28(34)29(32)35)27(33)21-9-6-18(4)7-10-21/h6-17,26,33H,5H2,1-4H3/b27-25+/t26-/m1/s1. The number of hydrogen-bond donors (Lipinski definition) is 1. The van der Waals surface area contributed by atoms with Gasteiger partial charge in [-0.15, -0.1) is 0 Å². The molecule has 1 aromatic heterocycles. The van der Waals surface area contributed by atoms with Crippen molar-refractivity contribution in [1.29, 1.82) is 0 Å². The lowest BCUT2D eigenvalue weighted by Gasteiger charge is -2.23. The molecule has 6 nitrogen and oxygen atoms in total. The van der Waals surface area contributed by atoms with E-state index < -0.39 is 17.7 Å². The number of ketones is 1. The number of hydrogen-bond acceptors (Lipinski definition) is 6. The second-order valence-corrected chi connectivity index (χ2v) is 10.4. The molecule has 0 aliphatic carbocycles. The van der Waals surface area contributed by atoms with Gasteiger partial charge in [0.05, 0.1) is 27.9 Å². The van der Waals surface area contributed by atoms with Crippen LogP contribution in [-0.4, -0.2) is 27.9 Å². The van der Waals surface area contributed by atoms with Crippen molar-refractivity contribution in [1.82, 2.24) is 4.98 Å². The molecule has 1 aliphatic rings. The molecule has 3 aromatic carbocycles. The lowest BCUT2D eigenvalue weighted by atomic mass is 9.95. The number of benzene rings is 3. The number of Topliss-reactive ketones (excluding diaryl/α,β-unsaturated/α-hetero) is 1. The molecule has 0 spiro atoms. The second-order valence-electron chi connectivity index (χ2n) is 9.42. The topological polar surface area (TPSA) is 79.7 Å². The van der Waals surface area contributed by atoms with E-state index in [0.717, 1.165) is 22.2 Å². The Labute approximate surface area is 219 Å². The molecule has 1 N–H and O–H groups in total. The smallest absolute Gasteiger partial charge is 0.301 e. The number of anilines is 1. The number of fused-ring (bicyclic) bond motifs is 1. The van der Waals surface area contributed by atoms with Crippen molar-refractivity contribution < 1.29 is 19.4 Å². The first kappa shape index (κ1) is 24.7. The van der Waals surface area contributed by atoms with E-state index in [1.54, 1.807) is 12.1 Å². The fraction of sp³-hybridized carbons (Fsp3) is 0.233. The highest BCUT2D eigenvalue weighted by molar-refractivity contribution is 7.22. The maximum Gasteiger partial charge on any atom is 0.301 e. The molecule has 4 aromatic rings. The zero-order valence-electron chi connectivity index (χ0n) is 21.2. The molecule has 1 fully saturated rings. The first-order chi connectivity index (χ1) is 17.8. The Kier molecular flexibility index (Phi) is 6.56. The van der Waals surface area contributed by atoms with Crippen LogP contribution in [0.3, 0.4) is 0 Å². The van der Waals surface area contributed by atoms with Gasteiger partial charge in [-0.25, -0.2) is 4.98 Å². The van der Waals surface area contributed by atoms with Crippen molar-refractivity contribution in [3.63, 3.8) is 0 Å². The van der Waals surface area contributed by atoms with E-state index in [4.69, 9.17) is 9.72 Å². The quantitative estimate of drug-likeness (QED) is 0.179. The third-order valence-electron chi connectivity index (χ3n) is 6.39. The van der Waals surface area contributed by atoms with Gasteiger partial charge in [-0.1, -0.05) is 66.3 Å². The summed E-state index contributed by atoms with van der Waals surface area (Å²) in [4.78, 5) is 33.0. The van der Waals surface area contributed by atoms with Gasteiger partial charge in [0.1, 0.15) is 11.5 Å². The van der Waals surface area contributed by atoms with Crippen LogP contribution in [0, 0.1) is 6.92 Å². The van der Waals surface area contributed by atoms with Crippen LogP contribution < -0.4 is 9.64 Å². The summed E-state index contributed by atoms with van der Waals surface area (Å²) >= 11 is 1.36. The number of rotatable bonds is 6. The molecular formula is C30H28N2O4S. The number of thiazole rings is 1. The summed E-state index contributed by atoms with van der Waals surface area (Å²) < 4.78 is 6.72. The molecule has 2 heterocycles. The number of amides is 1. The van der Waals surface area contributed by atoms with Crippen LogP contribution in [-0.2, 0) is 16.0 Å². The SMILES string of the molecule is CCc1ccc2nc(N3C(=O)C(=O)/C(=C(/O)c4ccc(C)cc4)[C@H]3c3ccc(OC(C)C)cc3)sc2c1. The van der Waals surface area contributed by atoms with Crippen LogP contribution in [0.2, 0.25) is 0 Å². The average Bonchev–Trinajstić information content (AvgIpc) is 3.41. The Bertz CT molecular complexity index is 1520. The maximum absolute atomic E-state index is 13.5. The third kappa shape index (κ3) is 4.62. The van der Waals surface area contributed by atoms with E-state index in [9.17, 15) is 14.7 Å². The molecule has 7 heteroatoms. The minimum atomic E-state index is -0.833. The first-order valence-corrected chi connectivity index (χ1v) is 13.1. The number of aliphatic hydroxyl groups excluding tert-OH is 1. The van der Waals surface area contributed by atoms with Gasteiger partial charge in [0.25, 0.3) is 5.78 Å². The van der Waals surface area contributed by atoms with Crippen LogP contribution in [0.25, 0.3) is 16.0 Å². The number of aliphatic hydroxyl groups is 1. The molecule has 1 amide bonds. The molecule has 0 saturated carbocycles. The van der Waals surface area contributed by atoms with Crippen LogP contribution in [0.15, 0.2) is 72.3 Å². The van der Waals surface area contributed by atoms with E-state index in [1.165, 1.54) is 21.8 Å². The Morgan fingerprint density at radius 2 is 1.76 bits per heavy atom. The normalized spacial score (nSPS) is 17.2. The number of aromatic nitrogens is 1. The second kappa shape index (κ2) is 9.82. The summed E-state index contributed by atoms with van der Waals surface area (Å²) in [5.74, 6) is -0.973. The van der Waals surface area contributed by atoms with Gasteiger partial charge < -0.3 is 9.84 Å². The highest BCUT2D eigenvalue weighted by Crippen LogP contribution is 2.44. The molecule has 0 bridgehead atoms. The fourth-order valence-corrected chi connectivity index (χ4v) is 5.55. The number of aryl methyl sites for hydroxylation is 2. The van der Waals surface area contributed by atoms with Crippen molar-refractivity contribution >= 4 is 44.1 Å². The monoisotopic (exact) mass is 512 g/mol. The third-order valence-corrected chi connectivity index (χ3v) is 7.41. The maximum atomic E-state index is 13.5. The summed E-state index contributed by atoms with van der Waals surface area (Å²) in [6.07, 6.45) is 0.892. The lowest BCUT2D eigenvalue weighted by Crippen LogP contribution is -2.29. The Morgan fingerprint density at radius 1 is 1.05 bits per heavy atom. The van der Waals surface area contributed by atoms with Gasteiger partial charge in [-0.3, -0.25) is 14.5 Å². The number of carbonyl (C=O) groups excluding carboxylic acids is 2. The predicted molar refractivity (Wildman–Crippen MR) is 147 cm³/mol. The van der Waals surface area contributed by atoms with E-state index in [1.807, 2.05) is 69.3 Å². The lowest BCUT2D eigenvalue weighted by molar-refractivity contribution is -0.132. The highest BCUT2D eigenvalue weighted by atomic mass is 32.1. The van der Waals surface area contributed by atoms with E-state index >= 15 is 0 Å². The zero-order valence-corrected chi connectivity index (χ0v) is 22.0. The zero-order chi connectivity index (χ0) is 26.3. The molecule has 1 saturated heterocycles. The van der Waals surface area contributed by atoms with Gasteiger partial charge in [0, 0.05) is 5.56 Å². The molecule has 188 valence electrons. The van der Waals surface area contributed by atoms with Crippen molar-refractivity contribution in [3.8, 4) is 5.75 Å². The fourth-order valence-electron chi connectivity index (χ4n) is 4.49. The molecule has 0 unspecified atom stereocenters. The summed E-state index contributed by atoms with van der Waals surface area (Å²) in [6, 6.07) is 19.7. The molecular weight excluding hydrogens is 484 g/mol. The van der Waals surface area contributed by atoms with Crippen LogP contribution in [0.5, 0.6) is 5.75 Å². The summed E-state index contributed by atoms with van der Waals surface area (Å²) in [5.41, 5.74) is 4.15. The summed E-state index contributed by atoms with van der Waals surface area (Å²) in [5, 5.41) is 11.7. The Hall–Kier alpha value is -3.97. The van der Waals surface area contributed by atoms with Crippen molar-refractivity contribution in [2.24, 2.45) is 0 Å². The van der Waals surface area contributed by atoms with Crippen LogP contribution >= 0.6 is 11.3 Å². The highest BCUT2D eigenvalue weighted by Gasteiger charge is 2.48. The minimum absolute atomic E-state index is 0.00813. The van der Waals surface area contributed by atoms with Crippen molar-refractivity contribution in [2.75, 3.05) is 4.90 Å². The van der Waals surface area contributed by atoms with Crippen molar-refractivity contribution in [3.05, 3.63) is 94.6 Å². The Morgan fingerprint density at radius 3 is 2.41 bits per heavy atom. The van der Waals surface area contributed by atoms with E-state index in [2.05, 4.69) is 13.0 Å². The van der Waals surface area contributed by atoms with Gasteiger partial charge in [0.2, 0.25) is 0 Å². The minimum Gasteiger partial charge on any atom is -0.507 e. The largest absolute Gasteiger partial charge is 0.507 e. The van der Waals surface area contributed by atoms with Gasteiger partial charge in [0.15, 0.2) is 5.13 Å². The Balaban J connectivity index is 1.68. The molecule has 0 radical (unpaired) electrons. The number of ether oxygens (including phenoxy) is 1.